The number of benzene rings is 2. The summed E-state index contributed by atoms with van der Waals surface area (Å²) in [5, 5.41) is 20.2. The first-order valence-electron chi connectivity index (χ1n) is 26.2. The van der Waals surface area contributed by atoms with Gasteiger partial charge in [-0.2, -0.15) is 11.8 Å². The number of fused-ring (bicyclic) bond motifs is 5. The number of halogens is 1. The monoisotopic (exact) mass is 1120 g/mol. The third kappa shape index (κ3) is 16.2. The van der Waals surface area contributed by atoms with E-state index in [-0.39, 0.29) is 83.8 Å². The molecule has 424 valence electrons. The summed E-state index contributed by atoms with van der Waals surface area (Å²) in [5.41, 5.74) is 1.52. The van der Waals surface area contributed by atoms with Crippen molar-refractivity contribution in [3.63, 3.8) is 0 Å². The molecule has 0 radical (unpaired) electrons. The molecule has 2 aromatic carbocycles. The van der Waals surface area contributed by atoms with Crippen LogP contribution in [0.2, 0.25) is 5.02 Å². The second-order valence-corrected chi connectivity index (χ2v) is 22.1. The van der Waals surface area contributed by atoms with E-state index in [1.165, 1.54) is 49.8 Å². The minimum absolute atomic E-state index is 0.0156. The zero-order chi connectivity index (χ0) is 56.8. The first-order chi connectivity index (χ1) is 37.2. The van der Waals surface area contributed by atoms with Crippen LogP contribution >= 0.6 is 23.4 Å². The maximum absolute atomic E-state index is 14.2. The van der Waals surface area contributed by atoms with E-state index in [0.29, 0.717) is 61.8 Å². The molecule has 6 rings (SSSR count). The van der Waals surface area contributed by atoms with Crippen LogP contribution in [-0.2, 0) is 60.6 Å². The average molecular weight is 1120 g/mol. The van der Waals surface area contributed by atoms with Gasteiger partial charge in [-0.15, -0.1) is 0 Å². The summed E-state index contributed by atoms with van der Waals surface area (Å²) in [7, 11) is 5.87. The largest absolute Gasteiger partial charge is 0.495 e. The van der Waals surface area contributed by atoms with Gasteiger partial charge in [0.05, 0.1) is 37.6 Å². The Bertz CT molecular complexity index is 2620. The van der Waals surface area contributed by atoms with Gasteiger partial charge in [-0.3, -0.25) is 38.9 Å². The summed E-state index contributed by atoms with van der Waals surface area (Å²) in [4.78, 5) is 118. The van der Waals surface area contributed by atoms with Crippen LogP contribution in [0.1, 0.15) is 104 Å². The Morgan fingerprint density at radius 3 is 2.45 bits per heavy atom. The van der Waals surface area contributed by atoms with E-state index in [0.717, 1.165) is 29.5 Å². The summed E-state index contributed by atoms with van der Waals surface area (Å²) in [6, 6.07) is 7.33. The highest BCUT2D eigenvalue weighted by Crippen LogP contribution is 2.42. The van der Waals surface area contributed by atoms with E-state index < -0.39 is 72.1 Å². The van der Waals surface area contributed by atoms with Gasteiger partial charge >= 0.3 is 12.1 Å². The third-order valence-corrected chi connectivity index (χ3v) is 16.4. The minimum atomic E-state index is -1.87. The molecule has 4 bridgehead atoms. The standard InChI is InChI=1S/C56H72ClN5O15S/c1-32-9-8-10-46(74-7)56(72)26-45(76-55(71)60-56)33(2)51-52(77-51)44(25-49(68)62(5)42-23-37(21-32)24-43(73-6)50(42)57)75-54(70)34(3)61(4)48(67)19-20-78-31-41(65)28-59-53(69)38-15-12-36(13-16-38)27-58-47(66)18-14-35-11-17-39(29-63)40(22-35)30-64/h8-11,17,22-24,29-30,33-34,36,38,44-46,51-52,72H,12-16,18-21,25-28,31H2,1-7H3,(H,58,66)(H,59,69)(H,60,71)/b10-8+,32-9+/t33?,34-,36?,38?,44-,45?,46?,51?,52?,56?/m0/s1. The maximum Gasteiger partial charge on any atom is 0.409 e. The van der Waals surface area contributed by atoms with Crippen LogP contribution in [0.15, 0.2) is 54.1 Å². The van der Waals surface area contributed by atoms with Crippen molar-refractivity contribution < 1.29 is 71.9 Å². The van der Waals surface area contributed by atoms with Gasteiger partial charge in [-0.1, -0.05) is 54.5 Å². The van der Waals surface area contributed by atoms with Crippen molar-refractivity contribution in [2.45, 2.75) is 127 Å². The number of rotatable bonds is 20. The maximum atomic E-state index is 14.2. The van der Waals surface area contributed by atoms with Crippen molar-refractivity contribution >= 4 is 83.1 Å². The van der Waals surface area contributed by atoms with Gasteiger partial charge in [0, 0.05) is 75.7 Å². The van der Waals surface area contributed by atoms with E-state index in [1.54, 1.807) is 56.5 Å². The minimum Gasteiger partial charge on any atom is -0.495 e. The molecule has 78 heavy (non-hydrogen) atoms. The van der Waals surface area contributed by atoms with Gasteiger partial charge in [-0.25, -0.2) is 9.59 Å². The number of ether oxygens (including phenoxy) is 5. The Kier molecular flexibility index (Phi) is 22.0. The summed E-state index contributed by atoms with van der Waals surface area (Å²) < 4.78 is 29.0. The van der Waals surface area contributed by atoms with E-state index in [2.05, 4.69) is 16.0 Å². The Labute approximate surface area is 464 Å². The molecule has 6 unspecified atom stereocenters. The highest BCUT2D eigenvalue weighted by atomic mass is 35.5. The summed E-state index contributed by atoms with van der Waals surface area (Å²) in [6.07, 6.45) is 4.30. The van der Waals surface area contributed by atoms with Crippen LogP contribution in [0, 0.1) is 17.8 Å². The number of aldehydes is 2. The van der Waals surface area contributed by atoms with Gasteiger partial charge in [0.1, 0.15) is 41.2 Å². The number of likely N-dealkylation sites (N-methyl/N-ethyl adjacent to an activating group) is 1. The van der Waals surface area contributed by atoms with E-state index in [9.17, 15) is 48.3 Å². The molecule has 3 fully saturated rings. The van der Waals surface area contributed by atoms with Crippen molar-refractivity contribution in [3.05, 3.63) is 81.4 Å². The fraction of sp³-hybridized carbons (Fsp3) is 0.554. The molecule has 0 spiro atoms. The highest BCUT2D eigenvalue weighted by Gasteiger charge is 2.56. The number of nitrogens with one attached hydrogen (secondary N) is 3. The lowest BCUT2D eigenvalue weighted by Crippen LogP contribution is -2.63. The number of hydrogen-bond acceptors (Lipinski definition) is 16. The van der Waals surface area contributed by atoms with Crippen molar-refractivity contribution in [1.82, 2.24) is 20.9 Å². The molecule has 22 heteroatoms. The molecule has 2 aromatic rings. The number of aliphatic hydroxyl groups is 1. The number of epoxide rings is 1. The number of ketones is 1. The summed E-state index contributed by atoms with van der Waals surface area (Å²) >= 11 is 8.01. The molecule has 0 aromatic heterocycles. The van der Waals surface area contributed by atoms with Crippen molar-refractivity contribution in [2.75, 3.05) is 57.8 Å². The molecule has 3 aliphatic heterocycles. The normalized spacial score (nSPS) is 26.7. The average Bonchev–Trinajstić information content (AvgIpc) is 4.39. The predicted molar refractivity (Wildman–Crippen MR) is 290 cm³/mol. The van der Waals surface area contributed by atoms with Gasteiger partial charge in [-0.05, 0) is 87.6 Å². The lowest BCUT2D eigenvalue weighted by atomic mass is 9.81. The second-order valence-electron chi connectivity index (χ2n) is 20.6. The number of amides is 5. The number of allylic oxidation sites excluding steroid dienone is 3. The predicted octanol–water partition coefficient (Wildman–Crippen LogP) is 5.11. The number of nitrogens with zero attached hydrogens (tertiary/aromatic N) is 2. The molecule has 1 aliphatic carbocycles. The first-order valence-corrected chi connectivity index (χ1v) is 27.7. The van der Waals surface area contributed by atoms with Crippen molar-refractivity contribution in [3.8, 4) is 5.75 Å². The van der Waals surface area contributed by atoms with Gasteiger partial charge in [0.25, 0.3) is 0 Å². The van der Waals surface area contributed by atoms with Gasteiger partial charge in [0.2, 0.25) is 23.6 Å². The Hall–Kier alpha value is -6.13. The molecule has 1 saturated carbocycles. The van der Waals surface area contributed by atoms with Crippen LogP contribution in [0.4, 0.5) is 10.5 Å². The van der Waals surface area contributed by atoms with Crippen LogP contribution in [-0.4, -0.2) is 159 Å². The molecule has 20 nitrogen and oxygen atoms in total. The molecule has 2 saturated heterocycles. The zero-order valence-electron chi connectivity index (χ0n) is 45.2. The summed E-state index contributed by atoms with van der Waals surface area (Å²) in [6.45, 7) is 5.49. The fourth-order valence-corrected chi connectivity index (χ4v) is 11.1. The third-order valence-electron chi connectivity index (χ3n) is 15.0. The lowest BCUT2D eigenvalue weighted by molar-refractivity contribution is -0.159. The molecular formula is C56H72ClN5O15S. The van der Waals surface area contributed by atoms with Crippen LogP contribution < -0.4 is 25.6 Å². The van der Waals surface area contributed by atoms with Crippen LogP contribution in [0.5, 0.6) is 5.75 Å². The number of thioether (sulfide) groups is 1. The number of methoxy groups -OCH3 is 2. The van der Waals surface area contributed by atoms with E-state index in [4.69, 9.17) is 35.3 Å². The molecular weight excluding hydrogens is 1050 g/mol. The number of carbonyl (C=O) groups excluding carboxylic acids is 9. The SMILES string of the molecule is COc1cc2cc(c1Cl)N(C)C(=O)C[C@H](OC(=O)[C@H](C)N(C)C(=O)CCSCC(=O)CNC(=O)C1CCC(CNC(=O)CCc3ccc(C=O)c(C=O)c3)CC1)C1OC1C(C)C1CC(O)(NC(=O)O1)C(OC)/C=C/C=C(\C)C2. The summed E-state index contributed by atoms with van der Waals surface area (Å²) in [5.74, 6) is -2.21. The fourth-order valence-electron chi connectivity index (χ4n) is 9.98. The van der Waals surface area contributed by atoms with Gasteiger partial charge in [0.15, 0.2) is 24.1 Å². The highest BCUT2D eigenvalue weighted by molar-refractivity contribution is 7.99. The molecule has 3 heterocycles. The zero-order valence-corrected chi connectivity index (χ0v) is 46.8. The number of carbonyl (C=O) groups is 9. The first kappa shape index (κ1) is 61.1. The second kappa shape index (κ2) is 28.1. The lowest BCUT2D eigenvalue weighted by Gasteiger charge is -2.41. The molecule has 4 aliphatic rings. The number of alkyl carbamates (subject to hydrolysis) is 1. The quantitative estimate of drug-likeness (QED) is 0.0581. The number of anilines is 1. The van der Waals surface area contributed by atoms with Crippen molar-refractivity contribution in [2.24, 2.45) is 17.8 Å². The molecule has 4 N–H and O–H groups in total. The van der Waals surface area contributed by atoms with Crippen LogP contribution in [0.25, 0.3) is 0 Å². The topological polar surface area (TPSA) is 266 Å². The van der Waals surface area contributed by atoms with Gasteiger partial charge < -0.3 is 49.2 Å². The van der Waals surface area contributed by atoms with E-state index >= 15 is 0 Å². The van der Waals surface area contributed by atoms with E-state index in [1.807, 2.05) is 13.0 Å². The number of hydrogen-bond donors (Lipinski definition) is 4. The van der Waals surface area contributed by atoms with Crippen molar-refractivity contribution in [1.29, 1.82) is 0 Å². The molecule has 5 amide bonds. The smallest absolute Gasteiger partial charge is 0.409 e. The Morgan fingerprint density at radius 1 is 1.03 bits per heavy atom. The van der Waals surface area contributed by atoms with Crippen LogP contribution in [0.3, 0.4) is 0 Å². The number of aryl methyl sites for hydroxylation is 1. The Balaban J connectivity index is 0.975. The molecule has 8 atom stereocenters. The number of Topliss-reactive ketones (excluding diaryl/α,β-unsaturated/α-hetero) is 1. The number of esters is 1. The Morgan fingerprint density at radius 2 is 1.76 bits per heavy atom.